The molecule has 132 valence electrons. The molecule has 0 aromatic carbocycles. The lowest BCUT2D eigenvalue weighted by Crippen LogP contribution is -2.36. The number of fused-ring (bicyclic) bond motifs is 2. The van der Waals surface area contributed by atoms with Gasteiger partial charge in [0, 0.05) is 36.8 Å². The predicted octanol–water partition coefficient (Wildman–Crippen LogP) is 2.21. The van der Waals surface area contributed by atoms with E-state index in [0.717, 1.165) is 43.5 Å². The van der Waals surface area contributed by atoms with Crippen LogP contribution in [0.3, 0.4) is 0 Å². The average Bonchev–Trinajstić information content (AvgIpc) is 3.08. The van der Waals surface area contributed by atoms with Gasteiger partial charge in [-0.15, -0.1) is 0 Å². The van der Waals surface area contributed by atoms with Gasteiger partial charge in [-0.05, 0) is 49.3 Å². The van der Waals surface area contributed by atoms with Crippen molar-refractivity contribution in [3.8, 4) is 5.88 Å². The molecule has 4 rings (SSSR count). The number of hydrogen-bond acceptors (Lipinski definition) is 4. The van der Waals surface area contributed by atoms with Gasteiger partial charge in [-0.1, -0.05) is 0 Å². The number of nitrogens with zero attached hydrogens (tertiary/aromatic N) is 3. The van der Waals surface area contributed by atoms with Crippen LogP contribution in [0.5, 0.6) is 5.88 Å². The van der Waals surface area contributed by atoms with Crippen LogP contribution in [0.4, 0.5) is 0 Å². The molecule has 0 bridgehead atoms. The Morgan fingerprint density at radius 3 is 3.04 bits per heavy atom. The van der Waals surface area contributed by atoms with E-state index in [9.17, 15) is 4.79 Å². The van der Waals surface area contributed by atoms with Crippen molar-refractivity contribution in [1.82, 2.24) is 20.1 Å². The fourth-order valence-electron chi connectivity index (χ4n) is 3.97. The predicted molar refractivity (Wildman–Crippen MR) is 93.5 cm³/mol. The van der Waals surface area contributed by atoms with Gasteiger partial charge in [0.25, 0.3) is 0 Å². The maximum Gasteiger partial charge on any atom is 0.223 e. The lowest BCUT2D eigenvalue weighted by molar-refractivity contribution is -0.132. The summed E-state index contributed by atoms with van der Waals surface area (Å²) in [4.78, 5) is 18.9. The smallest absolute Gasteiger partial charge is 0.223 e. The highest BCUT2D eigenvalue weighted by molar-refractivity contribution is 5.77. The molecule has 2 aromatic rings. The standard InChI is InChI=1S/C19H24N4O2/c1-25-19-15-12-23(11-9-13(15)8-10-20-19)18(24)7-6-17-14-4-2-3-5-16(14)21-22-17/h8,10H,2-7,9,11-12H2,1H3,(H,21,22). The molecule has 0 saturated carbocycles. The molecule has 6 nitrogen and oxygen atoms in total. The fraction of sp³-hybridized carbons (Fsp3) is 0.526. The van der Waals surface area contributed by atoms with E-state index in [2.05, 4.69) is 15.2 Å². The monoisotopic (exact) mass is 340 g/mol. The number of H-pyrrole nitrogens is 1. The summed E-state index contributed by atoms with van der Waals surface area (Å²) in [5.74, 6) is 0.820. The summed E-state index contributed by atoms with van der Waals surface area (Å²) in [7, 11) is 1.63. The lowest BCUT2D eigenvalue weighted by atomic mass is 9.94. The van der Waals surface area contributed by atoms with Gasteiger partial charge in [0.1, 0.15) is 0 Å². The number of methoxy groups -OCH3 is 1. The summed E-state index contributed by atoms with van der Waals surface area (Å²) in [6, 6.07) is 2.02. The van der Waals surface area contributed by atoms with Crippen molar-refractivity contribution in [2.75, 3.05) is 13.7 Å². The van der Waals surface area contributed by atoms with Gasteiger partial charge in [0.2, 0.25) is 11.8 Å². The quantitative estimate of drug-likeness (QED) is 0.926. The minimum absolute atomic E-state index is 0.184. The second kappa shape index (κ2) is 6.86. The molecule has 0 saturated heterocycles. The first-order valence-electron chi connectivity index (χ1n) is 9.09. The zero-order valence-electron chi connectivity index (χ0n) is 14.7. The summed E-state index contributed by atoms with van der Waals surface area (Å²) >= 11 is 0. The topological polar surface area (TPSA) is 71.1 Å². The Bertz CT molecular complexity index is 769. The molecular weight excluding hydrogens is 316 g/mol. The van der Waals surface area contributed by atoms with E-state index in [4.69, 9.17) is 4.74 Å². The molecule has 0 radical (unpaired) electrons. The van der Waals surface area contributed by atoms with Gasteiger partial charge in [0.05, 0.1) is 19.3 Å². The zero-order chi connectivity index (χ0) is 17.2. The van der Waals surface area contributed by atoms with Crippen LogP contribution >= 0.6 is 0 Å². The number of rotatable bonds is 4. The van der Waals surface area contributed by atoms with Crippen molar-refractivity contribution in [1.29, 1.82) is 0 Å². The number of nitrogens with one attached hydrogen (secondary N) is 1. The van der Waals surface area contributed by atoms with E-state index < -0.39 is 0 Å². The third kappa shape index (κ3) is 3.13. The maximum absolute atomic E-state index is 12.7. The molecule has 2 aliphatic rings. The molecule has 6 heteroatoms. The first-order chi connectivity index (χ1) is 12.3. The normalized spacial score (nSPS) is 16.3. The van der Waals surface area contributed by atoms with Gasteiger partial charge in [-0.2, -0.15) is 5.10 Å². The summed E-state index contributed by atoms with van der Waals surface area (Å²) in [6.45, 7) is 1.35. The van der Waals surface area contributed by atoms with Crippen molar-refractivity contribution < 1.29 is 9.53 Å². The number of aryl methyl sites for hydroxylation is 2. The second-order valence-electron chi connectivity index (χ2n) is 6.86. The Kier molecular flexibility index (Phi) is 4.42. The van der Waals surface area contributed by atoms with E-state index in [1.165, 1.54) is 29.7 Å². The highest BCUT2D eigenvalue weighted by Crippen LogP contribution is 2.27. The third-order valence-electron chi connectivity index (χ3n) is 5.38. The SMILES string of the molecule is COc1nccc2c1CN(C(=O)CCc1n[nH]c3c1CCCC3)CC2. The highest BCUT2D eigenvalue weighted by atomic mass is 16.5. The molecule has 3 heterocycles. The highest BCUT2D eigenvalue weighted by Gasteiger charge is 2.24. The van der Waals surface area contributed by atoms with Gasteiger partial charge in [0.15, 0.2) is 0 Å². The number of carbonyl (C=O) groups is 1. The van der Waals surface area contributed by atoms with E-state index in [-0.39, 0.29) is 5.91 Å². The van der Waals surface area contributed by atoms with Crippen molar-refractivity contribution in [2.24, 2.45) is 0 Å². The molecule has 0 spiro atoms. The Balaban J connectivity index is 1.41. The van der Waals surface area contributed by atoms with Crippen LogP contribution in [0.2, 0.25) is 0 Å². The van der Waals surface area contributed by atoms with Crippen LogP contribution in [0.1, 0.15) is 47.3 Å². The van der Waals surface area contributed by atoms with Crippen molar-refractivity contribution >= 4 is 5.91 Å². The summed E-state index contributed by atoms with van der Waals surface area (Å²) in [5, 5.41) is 7.61. The van der Waals surface area contributed by atoms with Crippen LogP contribution in [0.15, 0.2) is 12.3 Å². The van der Waals surface area contributed by atoms with E-state index in [0.29, 0.717) is 18.8 Å². The van der Waals surface area contributed by atoms with Crippen LogP contribution in [0, 0.1) is 0 Å². The zero-order valence-corrected chi connectivity index (χ0v) is 14.7. The van der Waals surface area contributed by atoms with E-state index in [1.54, 1.807) is 13.3 Å². The third-order valence-corrected chi connectivity index (χ3v) is 5.38. The summed E-state index contributed by atoms with van der Waals surface area (Å²) < 4.78 is 5.36. The molecule has 0 atom stereocenters. The molecule has 1 aliphatic heterocycles. The molecule has 25 heavy (non-hydrogen) atoms. The number of pyridine rings is 1. The number of aromatic nitrogens is 3. The van der Waals surface area contributed by atoms with Crippen molar-refractivity contribution in [3.63, 3.8) is 0 Å². The number of hydrogen-bond donors (Lipinski definition) is 1. The second-order valence-corrected chi connectivity index (χ2v) is 6.86. The number of carbonyl (C=O) groups excluding carboxylic acids is 1. The van der Waals surface area contributed by atoms with Gasteiger partial charge < -0.3 is 9.64 Å². The van der Waals surface area contributed by atoms with Crippen LogP contribution in [-0.4, -0.2) is 39.6 Å². The molecule has 1 N–H and O–H groups in total. The Labute approximate surface area is 147 Å². The van der Waals surface area contributed by atoms with Gasteiger partial charge in [-0.3, -0.25) is 9.89 Å². The molecule has 2 aromatic heterocycles. The molecular formula is C19H24N4O2. The summed E-state index contributed by atoms with van der Waals surface area (Å²) in [6.07, 6.45) is 8.50. The first kappa shape index (κ1) is 16.1. The Hall–Kier alpha value is -2.37. The number of amides is 1. The number of aromatic amines is 1. The van der Waals surface area contributed by atoms with Crippen LogP contribution in [0.25, 0.3) is 0 Å². The van der Waals surface area contributed by atoms with E-state index in [1.807, 2.05) is 11.0 Å². The molecule has 1 amide bonds. The lowest BCUT2D eigenvalue weighted by Gasteiger charge is -2.29. The average molecular weight is 340 g/mol. The Morgan fingerprint density at radius 2 is 2.16 bits per heavy atom. The van der Waals surface area contributed by atoms with Crippen molar-refractivity contribution in [2.45, 2.75) is 51.5 Å². The minimum Gasteiger partial charge on any atom is -0.481 e. The number of ether oxygens (including phenoxy) is 1. The largest absolute Gasteiger partial charge is 0.481 e. The van der Waals surface area contributed by atoms with Gasteiger partial charge in [-0.25, -0.2) is 4.98 Å². The first-order valence-corrected chi connectivity index (χ1v) is 9.09. The van der Waals surface area contributed by atoms with Crippen LogP contribution < -0.4 is 4.74 Å². The van der Waals surface area contributed by atoms with E-state index >= 15 is 0 Å². The maximum atomic E-state index is 12.7. The Morgan fingerprint density at radius 1 is 1.28 bits per heavy atom. The van der Waals surface area contributed by atoms with Crippen molar-refractivity contribution in [3.05, 3.63) is 40.3 Å². The molecule has 0 unspecified atom stereocenters. The molecule has 0 fully saturated rings. The molecule has 1 aliphatic carbocycles. The van der Waals surface area contributed by atoms with Crippen LogP contribution in [-0.2, 0) is 37.0 Å². The summed E-state index contributed by atoms with van der Waals surface area (Å²) in [5.41, 5.74) is 5.99. The van der Waals surface area contributed by atoms with Gasteiger partial charge >= 0.3 is 0 Å². The minimum atomic E-state index is 0.184. The fourth-order valence-corrected chi connectivity index (χ4v) is 3.97.